The van der Waals surface area contributed by atoms with E-state index < -0.39 is 11.5 Å². The van der Waals surface area contributed by atoms with Gasteiger partial charge in [-0.3, -0.25) is 9.69 Å². The minimum Gasteiger partial charge on any atom is -0.480 e. The summed E-state index contributed by atoms with van der Waals surface area (Å²) in [4.78, 5) is 13.6. The van der Waals surface area contributed by atoms with Gasteiger partial charge in [0.1, 0.15) is 5.54 Å². The van der Waals surface area contributed by atoms with Gasteiger partial charge < -0.3 is 5.11 Å². The minimum absolute atomic E-state index is 0.498. The van der Waals surface area contributed by atoms with E-state index in [-0.39, 0.29) is 0 Å². The number of carbonyl (C=O) groups is 1. The van der Waals surface area contributed by atoms with Crippen molar-refractivity contribution in [1.82, 2.24) is 4.90 Å². The zero-order valence-corrected chi connectivity index (χ0v) is 11.4. The van der Waals surface area contributed by atoms with E-state index in [0.29, 0.717) is 5.92 Å². The normalized spacial score (nSPS) is 12.4. The van der Waals surface area contributed by atoms with Gasteiger partial charge in [-0.25, -0.2) is 0 Å². The molecule has 16 heavy (non-hydrogen) atoms. The average Bonchev–Trinajstić information content (AvgIpc) is 2.15. The van der Waals surface area contributed by atoms with Crippen molar-refractivity contribution >= 4 is 5.97 Å². The molecule has 0 fully saturated rings. The molecular weight excluding hydrogens is 202 g/mol. The topological polar surface area (TPSA) is 40.5 Å². The van der Waals surface area contributed by atoms with Gasteiger partial charge in [-0.05, 0) is 25.8 Å². The quantitative estimate of drug-likeness (QED) is 0.695. The van der Waals surface area contributed by atoms with E-state index in [9.17, 15) is 9.90 Å². The van der Waals surface area contributed by atoms with E-state index >= 15 is 0 Å². The highest BCUT2D eigenvalue weighted by Gasteiger charge is 2.40. The molecule has 0 aliphatic rings. The molecule has 0 aromatic heterocycles. The Kier molecular flexibility index (Phi) is 6.65. The summed E-state index contributed by atoms with van der Waals surface area (Å²) in [6.07, 6.45) is 3.29. The maximum Gasteiger partial charge on any atom is 0.324 e. The summed E-state index contributed by atoms with van der Waals surface area (Å²) in [6.45, 7) is 9.20. The Hall–Kier alpha value is -0.570. The fourth-order valence-corrected chi connectivity index (χ4v) is 2.43. The van der Waals surface area contributed by atoms with Crippen LogP contribution in [0.1, 0.15) is 53.4 Å². The fourth-order valence-electron chi connectivity index (χ4n) is 2.43. The molecule has 0 spiro atoms. The van der Waals surface area contributed by atoms with Crippen molar-refractivity contribution < 1.29 is 9.90 Å². The zero-order valence-electron chi connectivity index (χ0n) is 11.4. The molecule has 0 radical (unpaired) electrons. The lowest BCUT2D eigenvalue weighted by atomic mass is 9.86. The van der Waals surface area contributed by atoms with Gasteiger partial charge in [-0.1, -0.05) is 40.5 Å². The maximum absolute atomic E-state index is 11.6. The third-order valence-electron chi connectivity index (χ3n) is 3.09. The summed E-state index contributed by atoms with van der Waals surface area (Å²) >= 11 is 0. The Bertz CT molecular complexity index is 208. The number of likely N-dealkylation sites (N-methyl/N-ethyl adjacent to an activating group) is 1. The first-order valence-electron chi connectivity index (χ1n) is 6.35. The Balaban J connectivity index is 4.91. The molecule has 96 valence electrons. The van der Waals surface area contributed by atoms with Gasteiger partial charge >= 0.3 is 5.97 Å². The molecule has 0 heterocycles. The first kappa shape index (κ1) is 15.4. The van der Waals surface area contributed by atoms with Crippen LogP contribution < -0.4 is 0 Å². The van der Waals surface area contributed by atoms with E-state index in [4.69, 9.17) is 0 Å². The summed E-state index contributed by atoms with van der Waals surface area (Å²) in [5, 5.41) is 9.53. The van der Waals surface area contributed by atoms with Crippen LogP contribution in [-0.4, -0.2) is 35.1 Å². The van der Waals surface area contributed by atoms with Gasteiger partial charge in [-0.2, -0.15) is 0 Å². The summed E-state index contributed by atoms with van der Waals surface area (Å²) in [5.41, 5.74) is -0.659. The Morgan fingerprint density at radius 3 is 1.94 bits per heavy atom. The standard InChI is InChI=1S/C13H27NO2/c1-6-8-13(9-7-2,12(15)16)14(5)10-11(3)4/h11H,6-10H2,1-5H3,(H,15,16). The largest absolute Gasteiger partial charge is 0.480 e. The van der Waals surface area contributed by atoms with Crippen LogP contribution in [0.4, 0.5) is 0 Å². The van der Waals surface area contributed by atoms with E-state index in [2.05, 4.69) is 27.7 Å². The Labute approximate surface area is 99.8 Å². The van der Waals surface area contributed by atoms with Crippen LogP contribution in [0.25, 0.3) is 0 Å². The van der Waals surface area contributed by atoms with Gasteiger partial charge in [0, 0.05) is 6.54 Å². The van der Waals surface area contributed by atoms with E-state index in [1.165, 1.54) is 0 Å². The molecule has 0 atom stereocenters. The highest BCUT2D eigenvalue weighted by atomic mass is 16.4. The lowest BCUT2D eigenvalue weighted by Crippen LogP contribution is -2.53. The highest BCUT2D eigenvalue weighted by Crippen LogP contribution is 2.27. The first-order valence-corrected chi connectivity index (χ1v) is 6.35. The second-order valence-corrected chi connectivity index (χ2v) is 5.11. The van der Waals surface area contributed by atoms with Crippen molar-refractivity contribution in [3.8, 4) is 0 Å². The summed E-state index contributed by atoms with van der Waals surface area (Å²) < 4.78 is 0. The third kappa shape index (κ3) is 3.78. The van der Waals surface area contributed by atoms with Crippen LogP contribution in [0.3, 0.4) is 0 Å². The maximum atomic E-state index is 11.6. The second kappa shape index (κ2) is 6.89. The molecule has 0 rings (SSSR count). The van der Waals surface area contributed by atoms with E-state index in [1.807, 2.05) is 11.9 Å². The smallest absolute Gasteiger partial charge is 0.324 e. The molecule has 0 aliphatic carbocycles. The van der Waals surface area contributed by atoms with Gasteiger partial charge in [0.15, 0.2) is 0 Å². The SMILES string of the molecule is CCCC(CCC)(C(=O)O)N(C)CC(C)C. The number of hydrogen-bond acceptors (Lipinski definition) is 2. The monoisotopic (exact) mass is 229 g/mol. The molecule has 0 amide bonds. The summed E-state index contributed by atoms with van der Waals surface area (Å²) in [7, 11) is 1.94. The number of nitrogens with zero attached hydrogens (tertiary/aromatic N) is 1. The summed E-state index contributed by atoms with van der Waals surface area (Å²) in [5.74, 6) is -0.170. The molecular formula is C13H27NO2. The molecule has 3 heteroatoms. The van der Waals surface area contributed by atoms with Gasteiger partial charge in [-0.15, -0.1) is 0 Å². The lowest BCUT2D eigenvalue weighted by molar-refractivity contribution is -0.152. The van der Waals surface area contributed by atoms with E-state index in [0.717, 1.165) is 32.2 Å². The molecule has 0 saturated heterocycles. The number of rotatable bonds is 8. The second-order valence-electron chi connectivity index (χ2n) is 5.11. The molecule has 0 aromatic carbocycles. The Morgan fingerprint density at radius 2 is 1.69 bits per heavy atom. The minimum atomic E-state index is -0.667. The zero-order chi connectivity index (χ0) is 12.8. The lowest BCUT2D eigenvalue weighted by Gasteiger charge is -2.39. The predicted molar refractivity (Wildman–Crippen MR) is 67.7 cm³/mol. The van der Waals surface area contributed by atoms with Crippen molar-refractivity contribution in [3.63, 3.8) is 0 Å². The molecule has 0 aromatic rings. The van der Waals surface area contributed by atoms with Crippen LogP contribution in [0.15, 0.2) is 0 Å². The number of aliphatic carboxylic acids is 1. The molecule has 1 N–H and O–H groups in total. The van der Waals surface area contributed by atoms with Crippen LogP contribution in [-0.2, 0) is 4.79 Å². The predicted octanol–water partition coefficient (Wildman–Crippen LogP) is 3.00. The molecule has 0 aliphatic heterocycles. The highest BCUT2D eigenvalue weighted by molar-refractivity contribution is 5.78. The van der Waals surface area contributed by atoms with Gasteiger partial charge in [0.25, 0.3) is 0 Å². The fraction of sp³-hybridized carbons (Fsp3) is 0.923. The van der Waals surface area contributed by atoms with Crippen molar-refractivity contribution in [1.29, 1.82) is 0 Å². The van der Waals surface area contributed by atoms with Crippen LogP contribution in [0.5, 0.6) is 0 Å². The van der Waals surface area contributed by atoms with E-state index in [1.54, 1.807) is 0 Å². The Morgan fingerprint density at radius 1 is 1.25 bits per heavy atom. The number of carboxylic acid groups (broad SMARTS) is 1. The van der Waals surface area contributed by atoms with Crippen molar-refractivity contribution in [3.05, 3.63) is 0 Å². The molecule has 0 bridgehead atoms. The van der Waals surface area contributed by atoms with Crippen molar-refractivity contribution in [2.24, 2.45) is 5.92 Å². The number of carboxylic acids is 1. The first-order chi connectivity index (χ1) is 7.40. The molecule has 0 unspecified atom stereocenters. The molecule has 0 saturated carbocycles. The third-order valence-corrected chi connectivity index (χ3v) is 3.09. The van der Waals surface area contributed by atoms with Crippen LogP contribution in [0, 0.1) is 5.92 Å². The van der Waals surface area contributed by atoms with Gasteiger partial charge in [0.2, 0.25) is 0 Å². The van der Waals surface area contributed by atoms with Gasteiger partial charge in [0.05, 0.1) is 0 Å². The summed E-state index contributed by atoms with van der Waals surface area (Å²) in [6, 6.07) is 0. The van der Waals surface area contributed by atoms with Crippen LogP contribution in [0.2, 0.25) is 0 Å². The molecule has 3 nitrogen and oxygen atoms in total. The van der Waals surface area contributed by atoms with Crippen molar-refractivity contribution in [2.75, 3.05) is 13.6 Å². The number of hydrogen-bond donors (Lipinski definition) is 1. The average molecular weight is 229 g/mol. The van der Waals surface area contributed by atoms with Crippen molar-refractivity contribution in [2.45, 2.75) is 58.9 Å². The van der Waals surface area contributed by atoms with Crippen LogP contribution >= 0.6 is 0 Å².